The standard InChI is InChI=1S/C16H16N6O2S/c17-25(23,24)13-8-2-6-11(14(13)16-19-21-22-20-16)12-7-1-4-10-5-3-9-18-15(10)12/h1-2,4,6-8,18H,3,5,9H2,(H2,17,23,24)(H,19,20,21,22). The van der Waals surface area contributed by atoms with E-state index < -0.39 is 10.0 Å². The summed E-state index contributed by atoms with van der Waals surface area (Å²) in [6.07, 6.45) is 2.04. The minimum Gasteiger partial charge on any atom is -0.384 e. The lowest BCUT2D eigenvalue weighted by atomic mass is 9.92. The first kappa shape index (κ1) is 15.7. The van der Waals surface area contributed by atoms with Crippen LogP contribution in [0.5, 0.6) is 0 Å². The van der Waals surface area contributed by atoms with Crippen molar-refractivity contribution in [1.82, 2.24) is 20.6 Å². The van der Waals surface area contributed by atoms with Crippen molar-refractivity contribution in [3.8, 4) is 22.5 Å². The van der Waals surface area contributed by atoms with Gasteiger partial charge in [0.25, 0.3) is 0 Å². The Morgan fingerprint density at radius 3 is 2.64 bits per heavy atom. The van der Waals surface area contributed by atoms with Crippen molar-refractivity contribution in [1.29, 1.82) is 0 Å². The minimum atomic E-state index is -3.95. The third-order valence-corrected chi connectivity index (χ3v) is 5.23. The Kier molecular flexibility index (Phi) is 3.74. The summed E-state index contributed by atoms with van der Waals surface area (Å²) in [5.41, 5.74) is 4.18. The predicted octanol–water partition coefficient (Wildman–Crippen LogP) is 1.54. The number of anilines is 1. The number of aromatic amines is 1. The maximum Gasteiger partial charge on any atom is 0.238 e. The Morgan fingerprint density at radius 2 is 1.88 bits per heavy atom. The number of H-pyrrole nitrogens is 1. The van der Waals surface area contributed by atoms with Crippen molar-refractivity contribution in [2.24, 2.45) is 5.14 Å². The highest BCUT2D eigenvalue weighted by atomic mass is 32.2. The molecule has 0 amide bonds. The van der Waals surface area contributed by atoms with Crippen molar-refractivity contribution in [3.05, 3.63) is 42.0 Å². The number of hydrogen-bond donors (Lipinski definition) is 3. The number of primary sulfonamides is 1. The molecule has 2 heterocycles. The molecular formula is C16H16N6O2S. The molecule has 3 aromatic rings. The average molecular weight is 356 g/mol. The zero-order chi connectivity index (χ0) is 17.4. The highest BCUT2D eigenvalue weighted by Crippen LogP contribution is 2.40. The molecule has 25 heavy (non-hydrogen) atoms. The van der Waals surface area contributed by atoms with Crippen LogP contribution in [0.3, 0.4) is 0 Å². The van der Waals surface area contributed by atoms with Crippen molar-refractivity contribution in [3.63, 3.8) is 0 Å². The number of nitrogens with zero attached hydrogens (tertiary/aromatic N) is 3. The highest BCUT2D eigenvalue weighted by Gasteiger charge is 2.24. The third-order valence-electron chi connectivity index (χ3n) is 4.28. The first-order valence-electron chi connectivity index (χ1n) is 7.82. The van der Waals surface area contributed by atoms with Gasteiger partial charge in [-0.3, -0.25) is 0 Å². The monoisotopic (exact) mass is 356 g/mol. The molecule has 1 aromatic heterocycles. The Morgan fingerprint density at radius 1 is 1.08 bits per heavy atom. The molecule has 2 aromatic carbocycles. The zero-order valence-corrected chi connectivity index (χ0v) is 14.0. The quantitative estimate of drug-likeness (QED) is 0.653. The summed E-state index contributed by atoms with van der Waals surface area (Å²) in [6.45, 7) is 0.873. The number of tetrazole rings is 1. The van der Waals surface area contributed by atoms with Crippen LogP contribution in [0.25, 0.3) is 22.5 Å². The number of aromatic nitrogens is 4. The van der Waals surface area contributed by atoms with E-state index in [-0.39, 0.29) is 10.7 Å². The largest absolute Gasteiger partial charge is 0.384 e. The Bertz CT molecular complexity index is 1030. The van der Waals surface area contributed by atoms with Crippen molar-refractivity contribution in [2.75, 3.05) is 11.9 Å². The number of benzene rings is 2. The summed E-state index contributed by atoms with van der Waals surface area (Å²) in [6, 6.07) is 11.0. The number of para-hydroxylation sites is 1. The van der Waals surface area contributed by atoms with E-state index in [0.717, 1.165) is 30.6 Å². The summed E-state index contributed by atoms with van der Waals surface area (Å²) in [4.78, 5) is -0.0167. The van der Waals surface area contributed by atoms with Gasteiger partial charge in [0, 0.05) is 23.4 Å². The lowest BCUT2D eigenvalue weighted by Gasteiger charge is -2.22. The van der Waals surface area contributed by atoms with E-state index in [2.05, 4.69) is 32.0 Å². The highest BCUT2D eigenvalue weighted by molar-refractivity contribution is 7.89. The fraction of sp³-hybridized carbons (Fsp3) is 0.188. The Hall–Kier alpha value is -2.78. The second-order valence-corrected chi connectivity index (χ2v) is 7.37. The van der Waals surface area contributed by atoms with Crippen LogP contribution in [-0.4, -0.2) is 35.6 Å². The van der Waals surface area contributed by atoms with Gasteiger partial charge in [-0.05, 0) is 40.5 Å². The number of rotatable bonds is 3. The van der Waals surface area contributed by atoms with Crippen LogP contribution >= 0.6 is 0 Å². The van der Waals surface area contributed by atoms with E-state index in [0.29, 0.717) is 11.1 Å². The van der Waals surface area contributed by atoms with Crippen LogP contribution in [0, 0.1) is 0 Å². The molecule has 4 N–H and O–H groups in total. The van der Waals surface area contributed by atoms with Gasteiger partial charge in [-0.25, -0.2) is 18.7 Å². The molecule has 0 atom stereocenters. The SMILES string of the molecule is NS(=O)(=O)c1cccc(-c2cccc3c2NCCC3)c1-c1nnn[nH]1. The van der Waals surface area contributed by atoms with Gasteiger partial charge in [-0.2, -0.15) is 0 Å². The molecule has 1 aliphatic rings. The number of fused-ring (bicyclic) bond motifs is 1. The summed E-state index contributed by atoms with van der Waals surface area (Å²) in [5.74, 6) is 0.257. The van der Waals surface area contributed by atoms with Gasteiger partial charge in [0.05, 0.1) is 4.90 Å². The van der Waals surface area contributed by atoms with Gasteiger partial charge in [0.1, 0.15) is 0 Å². The molecule has 0 unspecified atom stereocenters. The smallest absolute Gasteiger partial charge is 0.238 e. The molecule has 0 saturated carbocycles. The minimum absolute atomic E-state index is 0.0167. The normalized spacial score (nSPS) is 14.0. The molecule has 9 heteroatoms. The van der Waals surface area contributed by atoms with Gasteiger partial charge in [0.2, 0.25) is 10.0 Å². The topological polar surface area (TPSA) is 127 Å². The molecule has 0 fully saturated rings. The van der Waals surface area contributed by atoms with E-state index in [9.17, 15) is 8.42 Å². The van der Waals surface area contributed by atoms with Crippen molar-refractivity contribution >= 4 is 15.7 Å². The van der Waals surface area contributed by atoms with Gasteiger partial charge >= 0.3 is 0 Å². The van der Waals surface area contributed by atoms with Crippen molar-refractivity contribution < 1.29 is 8.42 Å². The molecule has 0 bridgehead atoms. The number of nitrogens with one attached hydrogen (secondary N) is 2. The van der Waals surface area contributed by atoms with E-state index in [1.165, 1.54) is 11.6 Å². The molecule has 8 nitrogen and oxygen atoms in total. The number of nitrogens with two attached hydrogens (primary N) is 1. The third kappa shape index (κ3) is 2.77. The molecule has 0 aliphatic carbocycles. The Balaban J connectivity index is 2.04. The summed E-state index contributed by atoms with van der Waals surface area (Å²) in [7, 11) is -3.95. The molecule has 0 radical (unpaired) electrons. The van der Waals surface area contributed by atoms with Crippen LogP contribution in [-0.2, 0) is 16.4 Å². The van der Waals surface area contributed by atoms with Crippen LogP contribution < -0.4 is 10.5 Å². The molecule has 1 aliphatic heterocycles. The first-order valence-corrected chi connectivity index (χ1v) is 9.36. The van der Waals surface area contributed by atoms with Gasteiger partial charge in [0.15, 0.2) is 5.82 Å². The van der Waals surface area contributed by atoms with Crippen LogP contribution in [0.15, 0.2) is 41.3 Å². The van der Waals surface area contributed by atoms with E-state index >= 15 is 0 Å². The summed E-state index contributed by atoms with van der Waals surface area (Å²) in [5, 5.41) is 22.5. The summed E-state index contributed by atoms with van der Waals surface area (Å²) >= 11 is 0. The second kappa shape index (κ2) is 5.94. The summed E-state index contributed by atoms with van der Waals surface area (Å²) < 4.78 is 24.2. The molecule has 128 valence electrons. The van der Waals surface area contributed by atoms with Crippen LogP contribution in [0.1, 0.15) is 12.0 Å². The van der Waals surface area contributed by atoms with E-state index in [1.807, 2.05) is 18.2 Å². The van der Waals surface area contributed by atoms with E-state index in [1.54, 1.807) is 6.07 Å². The zero-order valence-electron chi connectivity index (χ0n) is 13.2. The molecular weight excluding hydrogens is 340 g/mol. The first-order chi connectivity index (χ1) is 12.1. The molecule has 0 saturated heterocycles. The number of hydrogen-bond acceptors (Lipinski definition) is 6. The van der Waals surface area contributed by atoms with Gasteiger partial charge in [-0.1, -0.05) is 30.3 Å². The fourth-order valence-corrected chi connectivity index (χ4v) is 4.00. The Labute approximate surface area is 144 Å². The van der Waals surface area contributed by atoms with Crippen LogP contribution in [0.2, 0.25) is 0 Å². The van der Waals surface area contributed by atoms with Crippen LogP contribution in [0.4, 0.5) is 5.69 Å². The van der Waals surface area contributed by atoms with Gasteiger partial charge in [-0.15, -0.1) is 5.10 Å². The fourth-order valence-electron chi connectivity index (χ4n) is 3.24. The van der Waals surface area contributed by atoms with Crippen molar-refractivity contribution in [2.45, 2.75) is 17.7 Å². The predicted molar refractivity (Wildman–Crippen MR) is 93.2 cm³/mol. The number of sulfonamides is 1. The average Bonchev–Trinajstić information content (AvgIpc) is 3.14. The number of aryl methyl sites for hydroxylation is 1. The van der Waals surface area contributed by atoms with E-state index in [4.69, 9.17) is 5.14 Å². The lowest BCUT2D eigenvalue weighted by molar-refractivity contribution is 0.598. The lowest BCUT2D eigenvalue weighted by Crippen LogP contribution is -2.15. The van der Waals surface area contributed by atoms with Gasteiger partial charge < -0.3 is 5.32 Å². The maximum absolute atomic E-state index is 12.1. The molecule has 0 spiro atoms. The molecule has 4 rings (SSSR count). The maximum atomic E-state index is 12.1. The second-order valence-electron chi connectivity index (χ2n) is 5.84.